The Hall–Kier alpha value is -2.37. The SMILES string of the molecule is O=[N+]([O-])c1ccc2c(c1)Cc1cc(C(F)(F)F)ccc1-2. The van der Waals surface area contributed by atoms with Gasteiger partial charge in [0.1, 0.15) is 0 Å². The summed E-state index contributed by atoms with van der Waals surface area (Å²) in [4.78, 5) is 10.2. The first-order chi connectivity index (χ1) is 9.36. The van der Waals surface area contributed by atoms with Crippen LogP contribution in [-0.2, 0) is 12.6 Å². The molecule has 0 saturated heterocycles. The molecular formula is C14H8F3NO2. The molecule has 0 aliphatic heterocycles. The molecule has 0 fully saturated rings. The molecule has 3 nitrogen and oxygen atoms in total. The molecule has 0 saturated carbocycles. The van der Waals surface area contributed by atoms with Crippen LogP contribution in [0.15, 0.2) is 36.4 Å². The van der Waals surface area contributed by atoms with Gasteiger partial charge in [-0.1, -0.05) is 6.07 Å². The number of alkyl halides is 3. The number of nitro benzene ring substituents is 1. The van der Waals surface area contributed by atoms with Gasteiger partial charge in [-0.15, -0.1) is 0 Å². The van der Waals surface area contributed by atoms with E-state index in [0.717, 1.165) is 17.7 Å². The zero-order valence-electron chi connectivity index (χ0n) is 10.1. The van der Waals surface area contributed by atoms with Crippen molar-refractivity contribution in [3.05, 3.63) is 63.2 Å². The first-order valence-electron chi connectivity index (χ1n) is 5.84. The third kappa shape index (κ3) is 1.93. The summed E-state index contributed by atoms with van der Waals surface area (Å²) in [5.74, 6) is 0. The Morgan fingerprint density at radius 2 is 1.60 bits per heavy atom. The molecule has 0 heterocycles. The lowest BCUT2D eigenvalue weighted by molar-refractivity contribution is -0.384. The largest absolute Gasteiger partial charge is 0.416 e. The van der Waals surface area contributed by atoms with Crippen molar-refractivity contribution in [3.8, 4) is 11.1 Å². The van der Waals surface area contributed by atoms with Crippen LogP contribution in [0.5, 0.6) is 0 Å². The molecule has 0 N–H and O–H groups in total. The monoisotopic (exact) mass is 279 g/mol. The van der Waals surface area contributed by atoms with Gasteiger partial charge in [0.05, 0.1) is 10.5 Å². The summed E-state index contributed by atoms with van der Waals surface area (Å²) in [6.45, 7) is 0. The Kier molecular flexibility index (Phi) is 2.57. The van der Waals surface area contributed by atoms with E-state index in [4.69, 9.17) is 0 Å². The zero-order chi connectivity index (χ0) is 14.5. The zero-order valence-corrected chi connectivity index (χ0v) is 10.1. The molecule has 0 radical (unpaired) electrons. The minimum atomic E-state index is -4.38. The minimum Gasteiger partial charge on any atom is -0.258 e. The van der Waals surface area contributed by atoms with Gasteiger partial charge in [-0.3, -0.25) is 10.1 Å². The summed E-state index contributed by atoms with van der Waals surface area (Å²) in [5, 5.41) is 10.7. The van der Waals surface area contributed by atoms with E-state index >= 15 is 0 Å². The smallest absolute Gasteiger partial charge is 0.258 e. The summed E-state index contributed by atoms with van der Waals surface area (Å²) in [5.41, 5.74) is 1.97. The Balaban J connectivity index is 2.08. The Morgan fingerprint density at radius 3 is 2.20 bits per heavy atom. The van der Waals surface area contributed by atoms with Crippen LogP contribution in [-0.4, -0.2) is 4.92 Å². The van der Waals surface area contributed by atoms with E-state index in [2.05, 4.69) is 0 Å². The lowest BCUT2D eigenvalue weighted by Gasteiger charge is -2.08. The van der Waals surface area contributed by atoms with Crippen LogP contribution in [0.3, 0.4) is 0 Å². The average molecular weight is 279 g/mol. The predicted octanol–water partition coefficient (Wildman–Crippen LogP) is 4.18. The maximum absolute atomic E-state index is 12.7. The fraction of sp³-hybridized carbons (Fsp3) is 0.143. The highest BCUT2D eigenvalue weighted by atomic mass is 19.4. The van der Waals surface area contributed by atoms with Gasteiger partial charge >= 0.3 is 6.18 Å². The predicted molar refractivity (Wildman–Crippen MR) is 66.3 cm³/mol. The van der Waals surface area contributed by atoms with Gasteiger partial charge in [-0.2, -0.15) is 13.2 Å². The summed E-state index contributed by atoms with van der Waals surface area (Å²) < 4.78 is 38.0. The number of hydrogen-bond acceptors (Lipinski definition) is 2. The standard InChI is InChI=1S/C14H8F3NO2/c15-14(16,17)10-1-3-12-8(6-10)5-9-7-11(18(19)20)2-4-13(9)12/h1-4,6-7H,5H2. The van der Waals surface area contributed by atoms with Gasteiger partial charge in [-0.05, 0) is 46.9 Å². The molecule has 20 heavy (non-hydrogen) atoms. The van der Waals surface area contributed by atoms with Crippen LogP contribution in [0.1, 0.15) is 16.7 Å². The number of rotatable bonds is 1. The molecule has 0 aromatic heterocycles. The minimum absolute atomic E-state index is 0.0485. The summed E-state index contributed by atoms with van der Waals surface area (Å²) in [6.07, 6.45) is -4.09. The van der Waals surface area contributed by atoms with Crippen LogP contribution >= 0.6 is 0 Å². The number of nitrogens with zero attached hydrogens (tertiary/aromatic N) is 1. The first kappa shape index (κ1) is 12.7. The second kappa shape index (κ2) is 4.06. The Labute approximate surface area is 111 Å². The van der Waals surface area contributed by atoms with Gasteiger partial charge in [-0.25, -0.2) is 0 Å². The summed E-state index contributed by atoms with van der Waals surface area (Å²) in [7, 11) is 0. The van der Waals surface area contributed by atoms with Crippen molar-refractivity contribution in [2.24, 2.45) is 0 Å². The van der Waals surface area contributed by atoms with Crippen LogP contribution in [0.2, 0.25) is 0 Å². The van der Waals surface area contributed by atoms with Crippen molar-refractivity contribution in [3.63, 3.8) is 0 Å². The Morgan fingerprint density at radius 1 is 1.00 bits per heavy atom. The second-order valence-electron chi connectivity index (χ2n) is 4.65. The number of benzene rings is 2. The van der Waals surface area contributed by atoms with E-state index in [1.807, 2.05) is 0 Å². The topological polar surface area (TPSA) is 43.1 Å². The molecule has 0 unspecified atom stereocenters. The summed E-state index contributed by atoms with van der Waals surface area (Å²) in [6, 6.07) is 7.95. The number of halogens is 3. The first-order valence-corrected chi connectivity index (χ1v) is 5.84. The molecule has 1 aliphatic rings. The van der Waals surface area contributed by atoms with Crippen LogP contribution in [0, 0.1) is 10.1 Å². The van der Waals surface area contributed by atoms with Gasteiger partial charge in [0.25, 0.3) is 5.69 Å². The summed E-state index contributed by atoms with van der Waals surface area (Å²) >= 11 is 0. The molecule has 0 spiro atoms. The molecule has 3 rings (SSSR count). The number of hydrogen-bond donors (Lipinski definition) is 0. The molecule has 0 bridgehead atoms. The highest BCUT2D eigenvalue weighted by molar-refractivity contribution is 5.78. The molecule has 2 aromatic carbocycles. The van der Waals surface area contributed by atoms with Crippen molar-refractivity contribution in [1.29, 1.82) is 0 Å². The van der Waals surface area contributed by atoms with Crippen LogP contribution in [0.25, 0.3) is 11.1 Å². The molecule has 0 atom stereocenters. The van der Waals surface area contributed by atoms with E-state index in [1.165, 1.54) is 18.2 Å². The fourth-order valence-electron chi connectivity index (χ4n) is 2.49. The number of non-ortho nitro benzene ring substituents is 1. The van der Waals surface area contributed by atoms with Crippen molar-refractivity contribution < 1.29 is 18.1 Å². The average Bonchev–Trinajstić information content (AvgIpc) is 2.73. The van der Waals surface area contributed by atoms with Crippen molar-refractivity contribution in [1.82, 2.24) is 0 Å². The molecule has 1 aliphatic carbocycles. The quantitative estimate of drug-likeness (QED) is 0.495. The molecular weight excluding hydrogens is 271 g/mol. The van der Waals surface area contributed by atoms with Crippen molar-refractivity contribution in [2.75, 3.05) is 0 Å². The van der Waals surface area contributed by atoms with Gasteiger partial charge in [0, 0.05) is 12.1 Å². The maximum Gasteiger partial charge on any atom is 0.416 e. The Bertz CT molecular complexity index is 723. The maximum atomic E-state index is 12.7. The highest BCUT2D eigenvalue weighted by Crippen LogP contribution is 2.41. The van der Waals surface area contributed by atoms with E-state index < -0.39 is 16.7 Å². The lowest BCUT2D eigenvalue weighted by atomic mass is 10.0. The van der Waals surface area contributed by atoms with Gasteiger partial charge < -0.3 is 0 Å². The van der Waals surface area contributed by atoms with E-state index in [-0.39, 0.29) is 12.1 Å². The van der Waals surface area contributed by atoms with Gasteiger partial charge in [0.2, 0.25) is 0 Å². The molecule has 6 heteroatoms. The fourth-order valence-corrected chi connectivity index (χ4v) is 2.49. The van der Waals surface area contributed by atoms with Crippen LogP contribution in [0.4, 0.5) is 18.9 Å². The number of nitro groups is 1. The van der Waals surface area contributed by atoms with Gasteiger partial charge in [0.15, 0.2) is 0 Å². The third-order valence-electron chi connectivity index (χ3n) is 3.40. The lowest BCUT2D eigenvalue weighted by Crippen LogP contribution is -2.05. The normalized spacial score (nSPS) is 12.9. The van der Waals surface area contributed by atoms with Crippen molar-refractivity contribution in [2.45, 2.75) is 12.6 Å². The highest BCUT2D eigenvalue weighted by Gasteiger charge is 2.32. The molecule has 2 aromatic rings. The number of fused-ring (bicyclic) bond motifs is 3. The second-order valence-corrected chi connectivity index (χ2v) is 4.65. The van der Waals surface area contributed by atoms with Crippen molar-refractivity contribution >= 4 is 5.69 Å². The third-order valence-corrected chi connectivity index (χ3v) is 3.40. The molecule has 102 valence electrons. The van der Waals surface area contributed by atoms with Crippen LogP contribution < -0.4 is 0 Å². The van der Waals surface area contributed by atoms with E-state index in [9.17, 15) is 23.3 Å². The van der Waals surface area contributed by atoms with E-state index in [1.54, 1.807) is 6.07 Å². The molecule has 0 amide bonds. The van der Waals surface area contributed by atoms with E-state index in [0.29, 0.717) is 16.7 Å².